The molecule has 0 aliphatic heterocycles. The number of para-hydroxylation sites is 2. The Kier molecular flexibility index (Phi) is 5.93. The van der Waals surface area contributed by atoms with E-state index >= 15 is 0 Å². The fourth-order valence-electron chi connectivity index (χ4n) is 2.44. The summed E-state index contributed by atoms with van der Waals surface area (Å²) in [4.78, 5) is 24.0. The van der Waals surface area contributed by atoms with Crippen LogP contribution in [0.15, 0.2) is 48.5 Å². The summed E-state index contributed by atoms with van der Waals surface area (Å²) in [6.45, 7) is -0.121. The van der Waals surface area contributed by atoms with E-state index in [1.165, 1.54) is 35.2 Å². The van der Waals surface area contributed by atoms with Gasteiger partial charge in [-0.2, -0.15) is 13.2 Å². The van der Waals surface area contributed by atoms with E-state index in [1.54, 1.807) is 19.2 Å². The highest BCUT2D eigenvalue weighted by Gasteiger charge is 2.33. The highest BCUT2D eigenvalue weighted by molar-refractivity contribution is 5.93. The van der Waals surface area contributed by atoms with Gasteiger partial charge in [-0.15, -0.1) is 0 Å². The van der Waals surface area contributed by atoms with Gasteiger partial charge in [0.1, 0.15) is 0 Å². The number of halogens is 3. The molecule has 0 atom stereocenters. The average molecular weight is 367 g/mol. The molecule has 1 N–H and O–H groups in total. The molecule has 0 aliphatic carbocycles. The summed E-state index contributed by atoms with van der Waals surface area (Å²) in [6.07, 6.45) is -4.58. The number of nitro groups is 1. The Morgan fingerprint density at radius 1 is 1.15 bits per heavy atom. The van der Waals surface area contributed by atoms with Crippen LogP contribution < -0.4 is 5.32 Å². The monoisotopic (exact) mass is 367 g/mol. The number of rotatable bonds is 6. The molecule has 2 aromatic rings. The number of nitro benzene ring substituents is 1. The first-order valence-electron chi connectivity index (χ1n) is 7.55. The van der Waals surface area contributed by atoms with Gasteiger partial charge in [0.25, 0.3) is 5.69 Å². The Hall–Kier alpha value is -2.94. The van der Waals surface area contributed by atoms with Crippen molar-refractivity contribution in [3.05, 3.63) is 69.8 Å². The molecule has 26 heavy (non-hydrogen) atoms. The molecule has 0 aromatic heterocycles. The molecular weight excluding hydrogens is 351 g/mol. The van der Waals surface area contributed by atoms with Gasteiger partial charge in [-0.05, 0) is 19.2 Å². The number of hydrogen-bond donors (Lipinski definition) is 1. The van der Waals surface area contributed by atoms with E-state index in [4.69, 9.17) is 0 Å². The van der Waals surface area contributed by atoms with E-state index in [9.17, 15) is 28.1 Å². The Balaban J connectivity index is 2.04. The minimum atomic E-state index is -4.58. The third kappa shape index (κ3) is 5.03. The summed E-state index contributed by atoms with van der Waals surface area (Å²) >= 11 is 0. The van der Waals surface area contributed by atoms with Gasteiger partial charge in [-0.25, -0.2) is 0 Å². The Morgan fingerprint density at radius 2 is 1.77 bits per heavy atom. The van der Waals surface area contributed by atoms with Crippen LogP contribution in [0.4, 0.5) is 24.5 Å². The summed E-state index contributed by atoms with van der Waals surface area (Å²) in [5.41, 5.74) is -0.940. The van der Waals surface area contributed by atoms with Crippen LogP contribution in [-0.4, -0.2) is 29.3 Å². The third-order valence-corrected chi connectivity index (χ3v) is 3.55. The van der Waals surface area contributed by atoms with E-state index in [0.717, 1.165) is 6.07 Å². The zero-order chi connectivity index (χ0) is 19.3. The quantitative estimate of drug-likeness (QED) is 0.624. The smallest absolute Gasteiger partial charge is 0.324 e. The molecule has 1 amide bonds. The molecule has 0 spiro atoms. The van der Waals surface area contributed by atoms with Crippen molar-refractivity contribution in [2.24, 2.45) is 0 Å². The van der Waals surface area contributed by atoms with Crippen molar-refractivity contribution < 1.29 is 22.9 Å². The molecule has 2 aromatic carbocycles. The topological polar surface area (TPSA) is 75.5 Å². The lowest BCUT2D eigenvalue weighted by atomic mass is 10.1. The predicted molar refractivity (Wildman–Crippen MR) is 89.5 cm³/mol. The first-order valence-corrected chi connectivity index (χ1v) is 7.55. The molecule has 6 nitrogen and oxygen atoms in total. The zero-order valence-corrected chi connectivity index (χ0v) is 13.8. The van der Waals surface area contributed by atoms with Crippen molar-refractivity contribution in [1.82, 2.24) is 4.90 Å². The maximum absolute atomic E-state index is 12.9. The predicted octanol–water partition coefficient (Wildman–Crippen LogP) is 3.68. The number of hydrogen-bond acceptors (Lipinski definition) is 4. The van der Waals surface area contributed by atoms with E-state index < -0.39 is 22.6 Å². The zero-order valence-electron chi connectivity index (χ0n) is 13.8. The fourth-order valence-corrected chi connectivity index (χ4v) is 2.44. The highest BCUT2D eigenvalue weighted by atomic mass is 19.4. The molecule has 138 valence electrons. The molecule has 9 heteroatoms. The van der Waals surface area contributed by atoms with E-state index in [0.29, 0.717) is 5.56 Å². The van der Waals surface area contributed by atoms with Crippen LogP contribution in [0, 0.1) is 10.1 Å². The SMILES string of the molecule is CN(CC(=O)Nc1ccccc1C(F)(F)F)Cc1ccccc1[N+](=O)[O-]. The number of alkyl halides is 3. The minimum absolute atomic E-state index is 0.0813. The molecule has 0 bridgehead atoms. The van der Waals surface area contributed by atoms with Crippen LogP contribution in [0.2, 0.25) is 0 Å². The maximum atomic E-state index is 12.9. The van der Waals surface area contributed by atoms with Gasteiger partial charge in [0.05, 0.1) is 22.7 Å². The van der Waals surface area contributed by atoms with E-state index in [1.807, 2.05) is 0 Å². The molecule has 0 aliphatic rings. The van der Waals surface area contributed by atoms with Crippen molar-refractivity contribution >= 4 is 17.3 Å². The molecule has 0 heterocycles. The number of carbonyl (C=O) groups is 1. The summed E-state index contributed by atoms with van der Waals surface area (Å²) in [5, 5.41) is 13.2. The van der Waals surface area contributed by atoms with Gasteiger partial charge >= 0.3 is 6.18 Å². The van der Waals surface area contributed by atoms with Crippen LogP contribution in [0.1, 0.15) is 11.1 Å². The summed E-state index contributed by atoms with van der Waals surface area (Å²) in [5.74, 6) is -0.650. The maximum Gasteiger partial charge on any atom is 0.418 e. The van der Waals surface area contributed by atoms with Crippen molar-refractivity contribution in [2.75, 3.05) is 18.9 Å². The fraction of sp³-hybridized carbons (Fsp3) is 0.235. The number of nitrogens with one attached hydrogen (secondary N) is 1. The van der Waals surface area contributed by atoms with Gasteiger partial charge in [0.2, 0.25) is 5.91 Å². The summed E-state index contributed by atoms with van der Waals surface area (Å²) in [7, 11) is 1.55. The van der Waals surface area contributed by atoms with Crippen molar-refractivity contribution in [3.63, 3.8) is 0 Å². The summed E-state index contributed by atoms with van der Waals surface area (Å²) in [6, 6.07) is 10.8. The minimum Gasteiger partial charge on any atom is -0.324 e. The lowest BCUT2D eigenvalue weighted by Crippen LogP contribution is -2.30. The van der Waals surface area contributed by atoms with Gasteiger partial charge in [-0.1, -0.05) is 30.3 Å². The van der Waals surface area contributed by atoms with Crippen LogP contribution in [0.3, 0.4) is 0 Å². The second-order valence-corrected chi connectivity index (χ2v) is 5.65. The number of likely N-dealkylation sites (N-methyl/N-ethyl adjacent to an activating group) is 1. The number of benzene rings is 2. The Bertz CT molecular complexity index is 809. The lowest BCUT2D eigenvalue weighted by molar-refractivity contribution is -0.385. The molecular formula is C17H16F3N3O3. The Labute approximate surface area is 147 Å². The first kappa shape index (κ1) is 19.4. The second-order valence-electron chi connectivity index (χ2n) is 5.65. The summed E-state index contributed by atoms with van der Waals surface area (Å²) < 4.78 is 38.8. The van der Waals surface area contributed by atoms with E-state index in [2.05, 4.69) is 5.32 Å². The third-order valence-electron chi connectivity index (χ3n) is 3.55. The van der Waals surface area contributed by atoms with Crippen LogP contribution in [0.25, 0.3) is 0 Å². The van der Waals surface area contributed by atoms with Crippen LogP contribution >= 0.6 is 0 Å². The normalized spacial score (nSPS) is 11.4. The van der Waals surface area contributed by atoms with Gasteiger partial charge < -0.3 is 5.32 Å². The number of nitrogens with zero attached hydrogens (tertiary/aromatic N) is 2. The van der Waals surface area contributed by atoms with Gasteiger partial charge in [0.15, 0.2) is 0 Å². The standard InChI is InChI=1S/C17H16F3N3O3/c1-22(10-12-6-2-5-9-15(12)23(25)26)11-16(24)21-14-8-4-3-7-13(14)17(18,19)20/h2-9H,10-11H2,1H3,(H,21,24). The molecule has 0 saturated heterocycles. The number of carbonyl (C=O) groups excluding carboxylic acids is 1. The Morgan fingerprint density at radius 3 is 2.42 bits per heavy atom. The number of anilines is 1. The second kappa shape index (κ2) is 7.96. The van der Waals surface area contributed by atoms with Gasteiger partial charge in [0, 0.05) is 18.2 Å². The highest BCUT2D eigenvalue weighted by Crippen LogP contribution is 2.34. The number of amides is 1. The van der Waals surface area contributed by atoms with Crippen molar-refractivity contribution in [1.29, 1.82) is 0 Å². The van der Waals surface area contributed by atoms with E-state index in [-0.39, 0.29) is 24.5 Å². The average Bonchev–Trinajstić information content (AvgIpc) is 2.54. The lowest BCUT2D eigenvalue weighted by Gasteiger charge is -2.18. The molecule has 0 saturated carbocycles. The largest absolute Gasteiger partial charge is 0.418 e. The molecule has 0 radical (unpaired) electrons. The first-order chi connectivity index (χ1) is 12.2. The van der Waals surface area contributed by atoms with Crippen molar-refractivity contribution in [3.8, 4) is 0 Å². The molecule has 0 unspecified atom stereocenters. The van der Waals surface area contributed by atoms with Gasteiger partial charge in [-0.3, -0.25) is 19.8 Å². The molecule has 2 rings (SSSR count). The van der Waals surface area contributed by atoms with Crippen molar-refractivity contribution in [2.45, 2.75) is 12.7 Å². The van der Waals surface area contributed by atoms with Crippen LogP contribution in [0.5, 0.6) is 0 Å². The van der Waals surface area contributed by atoms with Crippen LogP contribution in [-0.2, 0) is 17.5 Å². The molecule has 0 fully saturated rings.